The fourth-order valence-corrected chi connectivity index (χ4v) is 1.64. The van der Waals surface area contributed by atoms with Gasteiger partial charge in [-0.15, -0.1) is 0 Å². The van der Waals surface area contributed by atoms with Gasteiger partial charge in [0, 0.05) is 10.2 Å². The maximum atomic E-state index is 11.8. The molecule has 0 radical (unpaired) electrons. The van der Waals surface area contributed by atoms with Gasteiger partial charge in [-0.25, -0.2) is 9.59 Å². The molecular weight excluding hydrogens is 326 g/mol. The molecule has 0 saturated heterocycles. The summed E-state index contributed by atoms with van der Waals surface area (Å²) in [5.74, 6) is -0.619. The minimum absolute atomic E-state index is 0.569. The molecule has 0 aliphatic rings. The van der Waals surface area contributed by atoms with Gasteiger partial charge in [-0.3, -0.25) is 5.32 Å². The molecule has 0 aromatic heterocycles. The summed E-state index contributed by atoms with van der Waals surface area (Å²) in [6.07, 6.45) is -0.0709. The standard InChI is InChI=1S/C14H16BrNO4/c1-4-9(2)12(13(17)19-3)20-14(18)16-11-7-5-10(15)6-8-11/h4-8,12H,1-3H3,(H,16,18). The van der Waals surface area contributed by atoms with Crippen LogP contribution in [0.25, 0.3) is 0 Å². The second kappa shape index (κ2) is 7.69. The minimum atomic E-state index is -1.04. The molecule has 0 aliphatic carbocycles. The first-order valence-electron chi connectivity index (χ1n) is 5.91. The first-order chi connectivity index (χ1) is 9.47. The molecule has 1 N–H and O–H groups in total. The summed E-state index contributed by atoms with van der Waals surface area (Å²) in [6, 6.07) is 6.98. The molecule has 1 amide bonds. The van der Waals surface area contributed by atoms with Crippen molar-refractivity contribution in [1.29, 1.82) is 0 Å². The number of hydrogen-bond donors (Lipinski definition) is 1. The van der Waals surface area contributed by atoms with Crippen molar-refractivity contribution in [2.75, 3.05) is 12.4 Å². The molecule has 108 valence electrons. The number of allylic oxidation sites excluding steroid dienone is 1. The molecule has 1 atom stereocenters. The Morgan fingerprint density at radius 1 is 1.30 bits per heavy atom. The van der Waals surface area contributed by atoms with Crippen LogP contribution in [0.1, 0.15) is 13.8 Å². The third-order valence-electron chi connectivity index (χ3n) is 2.60. The van der Waals surface area contributed by atoms with Gasteiger partial charge in [0.2, 0.25) is 6.10 Å². The van der Waals surface area contributed by atoms with E-state index in [-0.39, 0.29) is 0 Å². The Kier molecular flexibility index (Phi) is 6.24. The summed E-state index contributed by atoms with van der Waals surface area (Å²) in [5.41, 5.74) is 1.17. The van der Waals surface area contributed by atoms with E-state index in [0.717, 1.165) is 4.47 Å². The molecule has 6 heteroatoms. The normalized spacial score (nSPS) is 12.5. The van der Waals surface area contributed by atoms with Crippen molar-refractivity contribution >= 4 is 33.7 Å². The second-order valence-corrected chi connectivity index (χ2v) is 4.89. The van der Waals surface area contributed by atoms with Gasteiger partial charge < -0.3 is 9.47 Å². The predicted octanol–water partition coefficient (Wildman–Crippen LogP) is 3.51. The van der Waals surface area contributed by atoms with Crippen molar-refractivity contribution in [2.45, 2.75) is 20.0 Å². The summed E-state index contributed by atoms with van der Waals surface area (Å²) in [4.78, 5) is 23.3. The Morgan fingerprint density at radius 2 is 1.90 bits per heavy atom. The average molecular weight is 342 g/mol. The zero-order valence-electron chi connectivity index (χ0n) is 11.5. The number of rotatable bonds is 4. The summed E-state index contributed by atoms with van der Waals surface area (Å²) >= 11 is 3.30. The van der Waals surface area contributed by atoms with Crippen molar-refractivity contribution in [3.05, 3.63) is 40.4 Å². The molecule has 1 rings (SSSR count). The van der Waals surface area contributed by atoms with Gasteiger partial charge in [0.15, 0.2) is 0 Å². The molecule has 0 spiro atoms. The van der Waals surface area contributed by atoms with Crippen molar-refractivity contribution in [2.24, 2.45) is 0 Å². The first kappa shape index (κ1) is 16.2. The van der Waals surface area contributed by atoms with Crippen LogP contribution in [-0.4, -0.2) is 25.3 Å². The number of anilines is 1. The van der Waals surface area contributed by atoms with Crippen LogP contribution in [0, 0.1) is 0 Å². The van der Waals surface area contributed by atoms with Crippen LogP contribution >= 0.6 is 15.9 Å². The van der Waals surface area contributed by atoms with Crippen LogP contribution in [0.2, 0.25) is 0 Å². The largest absolute Gasteiger partial charge is 0.466 e. The molecule has 0 bridgehead atoms. The van der Waals surface area contributed by atoms with Gasteiger partial charge >= 0.3 is 12.1 Å². The van der Waals surface area contributed by atoms with Crippen LogP contribution in [0.4, 0.5) is 10.5 Å². The highest BCUT2D eigenvalue weighted by Crippen LogP contribution is 2.15. The van der Waals surface area contributed by atoms with Crippen molar-refractivity contribution < 1.29 is 19.1 Å². The number of amides is 1. The number of carbonyl (C=O) groups is 2. The topological polar surface area (TPSA) is 64.6 Å². The molecule has 1 aromatic carbocycles. The maximum absolute atomic E-state index is 11.8. The van der Waals surface area contributed by atoms with E-state index in [1.165, 1.54) is 7.11 Å². The van der Waals surface area contributed by atoms with E-state index < -0.39 is 18.2 Å². The number of carbonyl (C=O) groups excluding carboxylic acids is 2. The zero-order valence-corrected chi connectivity index (χ0v) is 13.1. The van der Waals surface area contributed by atoms with Gasteiger partial charge in [-0.2, -0.15) is 0 Å². The van der Waals surface area contributed by atoms with Gasteiger partial charge in [0.1, 0.15) is 0 Å². The third-order valence-corrected chi connectivity index (χ3v) is 3.13. The van der Waals surface area contributed by atoms with Crippen LogP contribution in [0.3, 0.4) is 0 Å². The Bertz CT molecular complexity index is 510. The van der Waals surface area contributed by atoms with Crippen molar-refractivity contribution in [3.8, 4) is 0 Å². The fraction of sp³-hybridized carbons (Fsp3) is 0.286. The van der Waals surface area contributed by atoms with E-state index in [0.29, 0.717) is 11.3 Å². The Balaban J connectivity index is 2.71. The molecule has 0 heterocycles. The molecule has 5 nitrogen and oxygen atoms in total. The summed E-state index contributed by atoms with van der Waals surface area (Å²) < 4.78 is 10.6. The lowest BCUT2D eigenvalue weighted by Crippen LogP contribution is -2.31. The quantitative estimate of drug-likeness (QED) is 0.672. The summed E-state index contributed by atoms with van der Waals surface area (Å²) in [7, 11) is 1.24. The Hall–Kier alpha value is -1.82. The number of halogens is 1. The van der Waals surface area contributed by atoms with E-state index in [1.807, 2.05) is 0 Å². The predicted molar refractivity (Wildman–Crippen MR) is 79.5 cm³/mol. The smallest absolute Gasteiger partial charge is 0.412 e. The van der Waals surface area contributed by atoms with Crippen molar-refractivity contribution in [3.63, 3.8) is 0 Å². The molecule has 1 unspecified atom stereocenters. The Morgan fingerprint density at radius 3 is 2.40 bits per heavy atom. The minimum Gasteiger partial charge on any atom is -0.466 e. The highest BCUT2D eigenvalue weighted by atomic mass is 79.9. The molecular formula is C14H16BrNO4. The van der Waals surface area contributed by atoms with E-state index >= 15 is 0 Å². The second-order valence-electron chi connectivity index (χ2n) is 3.97. The highest BCUT2D eigenvalue weighted by molar-refractivity contribution is 9.10. The molecule has 0 fully saturated rings. The molecule has 0 saturated carbocycles. The number of methoxy groups -OCH3 is 1. The van der Waals surface area contributed by atoms with Gasteiger partial charge in [-0.05, 0) is 43.7 Å². The van der Waals surface area contributed by atoms with Crippen LogP contribution in [-0.2, 0) is 14.3 Å². The fourth-order valence-electron chi connectivity index (χ4n) is 1.37. The SMILES string of the molecule is CC=C(C)C(OC(=O)Nc1ccc(Br)cc1)C(=O)OC. The van der Waals surface area contributed by atoms with E-state index in [4.69, 9.17) is 4.74 Å². The van der Waals surface area contributed by atoms with Gasteiger partial charge in [0.05, 0.1) is 7.11 Å². The Labute approximate surface area is 126 Å². The lowest BCUT2D eigenvalue weighted by atomic mass is 10.1. The third kappa shape index (κ3) is 4.70. The van der Waals surface area contributed by atoms with Crippen LogP contribution in [0.5, 0.6) is 0 Å². The van der Waals surface area contributed by atoms with Crippen molar-refractivity contribution in [1.82, 2.24) is 0 Å². The van der Waals surface area contributed by atoms with E-state index in [9.17, 15) is 9.59 Å². The number of esters is 1. The number of benzene rings is 1. The molecule has 1 aromatic rings. The number of hydrogen-bond acceptors (Lipinski definition) is 4. The first-order valence-corrected chi connectivity index (χ1v) is 6.71. The van der Waals surface area contributed by atoms with Crippen LogP contribution < -0.4 is 5.32 Å². The molecule has 20 heavy (non-hydrogen) atoms. The zero-order chi connectivity index (χ0) is 15.1. The number of nitrogens with one attached hydrogen (secondary N) is 1. The number of ether oxygens (including phenoxy) is 2. The summed E-state index contributed by atoms with van der Waals surface area (Å²) in [6.45, 7) is 3.44. The van der Waals surface area contributed by atoms with Gasteiger partial charge in [-0.1, -0.05) is 22.0 Å². The molecule has 0 aliphatic heterocycles. The maximum Gasteiger partial charge on any atom is 0.412 e. The van der Waals surface area contributed by atoms with Crippen LogP contribution in [0.15, 0.2) is 40.4 Å². The lowest BCUT2D eigenvalue weighted by Gasteiger charge is -2.16. The van der Waals surface area contributed by atoms with E-state index in [2.05, 4.69) is 26.0 Å². The monoisotopic (exact) mass is 341 g/mol. The average Bonchev–Trinajstić information content (AvgIpc) is 2.45. The lowest BCUT2D eigenvalue weighted by molar-refractivity contribution is -0.148. The van der Waals surface area contributed by atoms with Gasteiger partial charge in [0.25, 0.3) is 0 Å². The summed E-state index contributed by atoms with van der Waals surface area (Å²) in [5, 5.41) is 2.54. The highest BCUT2D eigenvalue weighted by Gasteiger charge is 2.25. The van der Waals surface area contributed by atoms with E-state index in [1.54, 1.807) is 44.2 Å².